The number of piperazine rings is 1. The van der Waals surface area contributed by atoms with Crippen LogP contribution in [-0.4, -0.2) is 46.1 Å². The molecule has 3 aromatic rings. The molecule has 1 saturated heterocycles. The van der Waals surface area contributed by atoms with E-state index < -0.39 is 0 Å². The third-order valence-corrected chi connectivity index (χ3v) is 5.89. The maximum absolute atomic E-state index is 4.89. The van der Waals surface area contributed by atoms with E-state index in [4.69, 9.17) is 9.97 Å². The van der Waals surface area contributed by atoms with Crippen molar-refractivity contribution in [3.8, 4) is 0 Å². The van der Waals surface area contributed by atoms with E-state index in [0.29, 0.717) is 0 Å². The van der Waals surface area contributed by atoms with Gasteiger partial charge in [-0.25, -0.2) is 19.9 Å². The van der Waals surface area contributed by atoms with E-state index in [1.807, 2.05) is 6.07 Å². The topological polar surface area (TPSA) is 58.0 Å². The average molecular weight is 354 g/mol. The van der Waals surface area contributed by atoms with E-state index in [1.54, 1.807) is 23.7 Å². The van der Waals surface area contributed by atoms with Crippen molar-refractivity contribution in [1.82, 2.24) is 19.9 Å². The number of thiophene rings is 1. The fourth-order valence-electron chi connectivity index (χ4n) is 3.23. The number of aromatic nitrogens is 4. The van der Waals surface area contributed by atoms with Gasteiger partial charge in [0.1, 0.15) is 16.5 Å². The highest BCUT2D eigenvalue weighted by Gasteiger charge is 2.24. The van der Waals surface area contributed by atoms with Crippen LogP contribution in [-0.2, 0) is 6.42 Å². The van der Waals surface area contributed by atoms with Crippen LogP contribution >= 0.6 is 11.3 Å². The predicted molar refractivity (Wildman–Crippen MR) is 103 cm³/mol. The summed E-state index contributed by atoms with van der Waals surface area (Å²) in [5.74, 6) is 2.83. The van der Waals surface area contributed by atoms with Gasteiger partial charge in [-0.1, -0.05) is 6.92 Å². The molecule has 0 spiro atoms. The molecule has 0 unspecified atom stereocenters. The molecule has 25 heavy (non-hydrogen) atoms. The molecule has 7 heteroatoms. The summed E-state index contributed by atoms with van der Waals surface area (Å²) in [6.45, 7) is 10.1. The van der Waals surface area contributed by atoms with Crippen molar-refractivity contribution in [3.05, 3.63) is 34.7 Å². The second-order valence-electron chi connectivity index (χ2n) is 6.30. The summed E-state index contributed by atoms with van der Waals surface area (Å²) < 4.78 is 0. The minimum Gasteiger partial charge on any atom is -0.352 e. The lowest BCUT2D eigenvalue weighted by Gasteiger charge is -2.35. The Morgan fingerprint density at radius 3 is 2.36 bits per heavy atom. The van der Waals surface area contributed by atoms with Crippen LogP contribution in [0.15, 0.2) is 18.5 Å². The molecule has 0 aliphatic carbocycles. The number of rotatable bonds is 3. The van der Waals surface area contributed by atoms with Crippen molar-refractivity contribution in [2.24, 2.45) is 0 Å². The van der Waals surface area contributed by atoms with Gasteiger partial charge in [-0.3, -0.25) is 0 Å². The lowest BCUT2D eigenvalue weighted by atomic mass is 10.2. The molecule has 0 aromatic carbocycles. The number of nitrogens with zero attached hydrogens (tertiary/aromatic N) is 6. The van der Waals surface area contributed by atoms with Gasteiger partial charge in [0.2, 0.25) is 5.95 Å². The Labute approximate surface area is 151 Å². The first kappa shape index (κ1) is 16.2. The zero-order valence-electron chi connectivity index (χ0n) is 14.9. The molecule has 0 bridgehead atoms. The molecule has 3 aromatic heterocycles. The smallest absolute Gasteiger partial charge is 0.225 e. The first-order valence-electron chi connectivity index (χ1n) is 8.71. The number of hydrogen-bond acceptors (Lipinski definition) is 7. The Balaban J connectivity index is 1.64. The molecule has 0 radical (unpaired) electrons. The van der Waals surface area contributed by atoms with Crippen LogP contribution in [0.25, 0.3) is 10.2 Å². The summed E-state index contributed by atoms with van der Waals surface area (Å²) in [5.41, 5.74) is 1.31. The number of fused-ring (bicyclic) bond motifs is 1. The zero-order chi connectivity index (χ0) is 17.4. The molecular formula is C18H22N6S. The van der Waals surface area contributed by atoms with Crippen LogP contribution in [0.1, 0.15) is 23.2 Å². The quantitative estimate of drug-likeness (QED) is 0.721. The Kier molecular flexibility index (Phi) is 4.25. The highest BCUT2D eigenvalue weighted by Crippen LogP contribution is 2.35. The summed E-state index contributed by atoms with van der Waals surface area (Å²) in [5, 5.41) is 1.23. The summed E-state index contributed by atoms with van der Waals surface area (Å²) in [6, 6.07) is 1.85. The molecule has 0 amide bonds. The lowest BCUT2D eigenvalue weighted by Crippen LogP contribution is -2.47. The summed E-state index contributed by atoms with van der Waals surface area (Å²) in [6.07, 6.45) is 4.46. The van der Waals surface area contributed by atoms with Gasteiger partial charge in [0, 0.05) is 49.9 Å². The van der Waals surface area contributed by atoms with Gasteiger partial charge in [0.05, 0.1) is 5.39 Å². The number of hydrogen-bond donors (Lipinski definition) is 0. The lowest BCUT2D eigenvalue weighted by molar-refractivity contribution is 0.634. The summed E-state index contributed by atoms with van der Waals surface area (Å²) in [4.78, 5) is 25.4. The fraction of sp³-hybridized carbons (Fsp3) is 0.444. The van der Waals surface area contributed by atoms with Gasteiger partial charge < -0.3 is 9.80 Å². The van der Waals surface area contributed by atoms with E-state index in [-0.39, 0.29) is 0 Å². The van der Waals surface area contributed by atoms with Gasteiger partial charge >= 0.3 is 0 Å². The number of aryl methyl sites for hydroxylation is 3. The molecule has 1 aliphatic rings. The number of anilines is 2. The largest absolute Gasteiger partial charge is 0.352 e. The third-order valence-electron chi connectivity index (χ3n) is 4.79. The molecule has 4 rings (SSSR count). The summed E-state index contributed by atoms with van der Waals surface area (Å²) in [7, 11) is 0. The second kappa shape index (κ2) is 6.55. The monoisotopic (exact) mass is 354 g/mol. The Morgan fingerprint density at radius 1 is 1.00 bits per heavy atom. The normalized spacial score (nSPS) is 15.2. The SMILES string of the molecule is CCc1nc(N2CCN(c3ncccn3)CC2)c2c(C)c(C)sc2n1. The summed E-state index contributed by atoms with van der Waals surface area (Å²) >= 11 is 1.78. The van der Waals surface area contributed by atoms with Crippen molar-refractivity contribution < 1.29 is 0 Å². The predicted octanol–water partition coefficient (Wildman–Crippen LogP) is 2.99. The Bertz CT molecular complexity index is 883. The van der Waals surface area contributed by atoms with Crippen molar-refractivity contribution in [1.29, 1.82) is 0 Å². The van der Waals surface area contributed by atoms with Crippen molar-refractivity contribution in [3.63, 3.8) is 0 Å². The highest BCUT2D eigenvalue weighted by molar-refractivity contribution is 7.18. The van der Waals surface area contributed by atoms with E-state index >= 15 is 0 Å². The minimum absolute atomic E-state index is 0.812. The van der Waals surface area contributed by atoms with E-state index in [2.05, 4.69) is 40.5 Å². The van der Waals surface area contributed by atoms with E-state index in [1.165, 1.54) is 15.8 Å². The van der Waals surface area contributed by atoms with Crippen LogP contribution < -0.4 is 9.80 Å². The van der Waals surface area contributed by atoms with Crippen LogP contribution in [0.4, 0.5) is 11.8 Å². The van der Waals surface area contributed by atoms with E-state index in [0.717, 1.165) is 55.0 Å². The Hall–Kier alpha value is -2.28. The van der Waals surface area contributed by atoms with Gasteiger partial charge in [0.25, 0.3) is 0 Å². The van der Waals surface area contributed by atoms with Crippen molar-refractivity contribution >= 4 is 33.3 Å². The molecule has 1 aliphatic heterocycles. The molecule has 1 fully saturated rings. The zero-order valence-corrected chi connectivity index (χ0v) is 15.7. The second-order valence-corrected chi connectivity index (χ2v) is 7.51. The van der Waals surface area contributed by atoms with Crippen LogP contribution in [0.2, 0.25) is 0 Å². The third kappa shape index (κ3) is 2.93. The molecule has 0 N–H and O–H groups in total. The van der Waals surface area contributed by atoms with Gasteiger partial charge in [-0.05, 0) is 25.5 Å². The molecule has 0 atom stereocenters. The molecule has 0 saturated carbocycles. The first-order chi connectivity index (χ1) is 12.2. The Morgan fingerprint density at radius 2 is 1.68 bits per heavy atom. The van der Waals surface area contributed by atoms with Crippen molar-refractivity contribution in [2.75, 3.05) is 36.0 Å². The first-order valence-corrected chi connectivity index (χ1v) is 9.52. The van der Waals surface area contributed by atoms with Crippen LogP contribution in [0.5, 0.6) is 0 Å². The van der Waals surface area contributed by atoms with Gasteiger partial charge in [-0.15, -0.1) is 11.3 Å². The van der Waals surface area contributed by atoms with Gasteiger partial charge in [0.15, 0.2) is 0 Å². The van der Waals surface area contributed by atoms with E-state index in [9.17, 15) is 0 Å². The molecule has 6 nitrogen and oxygen atoms in total. The molecule has 4 heterocycles. The van der Waals surface area contributed by atoms with Crippen LogP contribution in [0.3, 0.4) is 0 Å². The average Bonchev–Trinajstić information content (AvgIpc) is 2.96. The standard InChI is InChI=1S/C18H22N6S/c1-4-14-21-16(15-12(2)13(3)25-17(15)22-14)23-8-10-24(11-9-23)18-19-6-5-7-20-18/h5-7H,4,8-11H2,1-3H3. The molecule has 130 valence electrons. The minimum atomic E-state index is 0.812. The maximum Gasteiger partial charge on any atom is 0.225 e. The molecular weight excluding hydrogens is 332 g/mol. The van der Waals surface area contributed by atoms with Crippen LogP contribution in [0, 0.1) is 13.8 Å². The van der Waals surface area contributed by atoms with Gasteiger partial charge in [-0.2, -0.15) is 0 Å². The maximum atomic E-state index is 4.89. The highest BCUT2D eigenvalue weighted by atomic mass is 32.1. The van der Waals surface area contributed by atoms with Crippen molar-refractivity contribution in [2.45, 2.75) is 27.2 Å². The fourth-order valence-corrected chi connectivity index (χ4v) is 4.27.